The Morgan fingerprint density at radius 1 is 1.12 bits per heavy atom. The minimum atomic E-state index is -4.30. The standard InChI is InChI=1S/C17H18F3N4/c1-23-15-16(17(18,19)20)11-5-4-9(7-11)13(16)12-8-2-3-10(6-8)14(12)24(15)22-21-23/h2-5,8-14H,6-7H2,1H3/q+1/t8-,9-,10+,11+,12-,13-,14-,16+/m1/s1. The van der Waals surface area contributed by atoms with Gasteiger partial charge in [0.1, 0.15) is 11.3 Å². The molecule has 1 aromatic heterocycles. The van der Waals surface area contributed by atoms with Gasteiger partial charge in [-0.15, -0.1) is 4.68 Å². The molecule has 4 bridgehead atoms. The van der Waals surface area contributed by atoms with Crippen molar-refractivity contribution < 1.29 is 17.9 Å². The van der Waals surface area contributed by atoms with Gasteiger partial charge in [0.2, 0.25) is 0 Å². The lowest BCUT2D eigenvalue weighted by molar-refractivity contribution is -0.806. The Kier molecular flexibility index (Phi) is 2.14. The minimum Gasteiger partial charge on any atom is -0.170 e. The van der Waals surface area contributed by atoms with Crippen molar-refractivity contribution in [3.63, 3.8) is 0 Å². The van der Waals surface area contributed by atoms with E-state index < -0.39 is 17.5 Å². The molecule has 4 nitrogen and oxygen atoms in total. The maximum Gasteiger partial charge on any atom is 0.405 e. The molecule has 0 aromatic carbocycles. The first kappa shape index (κ1) is 13.6. The predicted molar refractivity (Wildman–Crippen MR) is 76.4 cm³/mol. The first-order chi connectivity index (χ1) is 11.4. The molecule has 2 heterocycles. The van der Waals surface area contributed by atoms with E-state index in [1.54, 1.807) is 17.8 Å². The van der Waals surface area contributed by atoms with Crippen molar-refractivity contribution in [1.29, 1.82) is 0 Å². The van der Waals surface area contributed by atoms with Gasteiger partial charge in [0, 0.05) is 17.8 Å². The van der Waals surface area contributed by atoms with E-state index >= 15 is 0 Å². The second kappa shape index (κ2) is 3.78. The van der Waals surface area contributed by atoms with Crippen molar-refractivity contribution in [2.75, 3.05) is 0 Å². The summed E-state index contributed by atoms with van der Waals surface area (Å²) in [6, 6.07) is 0.0388. The summed E-state index contributed by atoms with van der Waals surface area (Å²) in [5.41, 5.74) is -1.83. The molecule has 8 atom stereocenters. The van der Waals surface area contributed by atoms with Crippen LogP contribution in [0.1, 0.15) is 24.7 Å². The normalized spacial score (nSPS) is 49.6. The van der Waals surface area contributed by atoms with Crippen LogP contribution in [0.5, 0.6) is 0 Å². The van der Waals surface area contributed by atoms with Gasteiger partial charge in [-0.3, -0.25) is 0 Å². The summed E-state index contributed by atoms with van der Waals surface area (Å²) < 4.78 is 47.0. The third-order valence-corrected chi connectivity index (χ3v) is 7.50. The molecular formula is C17H18F3N4+. The summed E-state index contributed by atoms with van der Waals surface area (Å²) >= 11 is 0. The number of fused-ring (bicyclic) bond motifs is 14. The highest BCUT2D eigenvalue weighted by Gasteiger charge is 2.80. The number of allylic oxidation sites excluding steroid dienone is 4. The summed E-state index contributed by atoms with van der Waals surface area (Å²) in [6.07, 6.45) is 5.46. The van der Waals surface area contributed by atoms with E-state index in [4.69, 9.17) is 0 Å². The number of hydrogen-bond donors (Lipinski definition) is 0. The first-order valence-electron chi connectivity index (χ1n) is 8.70. The number of tetrazole rings is 1. The van der Waals surface area contributed by atoms with E-state index in [-0.39, 0.29) is 35.5 Å². The zero-order chi connectivity index (χ0) is 16.4. The molecule has 0 unspecified atom stereocenters. The summed E-state index contributed by atoms with van der Waals surface area (Å²) in [7, 11) is 1.61. The lowest BCUT2D eigenvalue weighted by Gasteiger charge is -2.49. The summed E-state index contributed by atoms with van der Waals surface area (Å²) in [5.74, 6) is 0.0157. The van der Waals surface area contributed by atoms with Crippen LogP contribution in [0, 0.1) is 35.5 Å². The number of rotatable bonds is 0. The third-order valence-electron chi connectivity index (χ3n) is 7.50. The van der Waals surface area contributed by atoms with Gasteiger partial charge in [-0.2, -0.15) is 13.2 Å². The van der Waals surface area contributed by atoms with Crippen LogP contribution in [0.15, 0.2) is 24.3 Å². The molecule has 1 aromatic rings. The number of halogens is 3. The minimum absolute atomic E-state index is 0.0239. The number of aromatic nitrogens is 4. The van der Waals surface area contributed by atoms with Crippen molar-refractivity contribution in [2.24, 2.45) is 42.6 Å². The summed E-state index contributed by atoms with van der Waals surface area (Å²) in [4.78, 5) is 0. The molecule has 5 aliphatic rings. The van der Waals surface area contributed by atoms with Gasteiger partial charge in [0.15, 0.2) is 10.6 Å². The highest BCUT2D eigenvalue weighted by Crippen LogP contribution is 2.71. The van der Waals surface area contributed by atoms with Gasteiger partial charge in [0.05, 0.1) is 7.05 Å². The SMILES string of the molecule is Cn1nn[n+]2c1[C@@]1(C(F)(F)F)[C@@H]([C@@H]3[C@H]2[C@H]2C=C[C@@H]3C2)[C@@H]2C=C[C@H]1C2. The summed E-state index contributed by atoms with van der Waals surface area (Å²) in [6.45, 7) is 0. The maximum absolute atomic E-state index is 14.6. The second-order valence-corrected chi connectivity index (χ2v) is 8.17. The molecule has 24 heavy (non-hydrogen) atoms. The van der Waals surface area contributed by atoms with Crippen LogP contribution in [0.4, 0.5) is 13.2 Å². The largest absolute Gasteiger partial charge is 0.405 e. The zero-order valence-corrected chi connectivity index (χ0v) is 13.2. The molecule has 0 N–H and O–H groups in total. The molecule has 0 radical (unpaired) electrons. The van der Waals surface area contributed by atoms with Crippen molar-refractivity contribution in [2.45, 2.75) is 30.5 Å². The number of alkyl halides is 3. The second-order valence-electron chi connectivity index (χ2n) is 8.17. The Morgan fingerprint density at radius 2 is 1.88 bits per heavy atom. The monoisotopic (exact) mass is 335 g/mol. The van der Waals surface area contributed by atoms with Crippen LogP contribution in [0.2, 0.25) is 0 Å². The van der Waals surface area contributed by atoms with Crippen LogP contribution in [-0.4, -0.2) is 21.3 Å². The van der Waals surface area contributed by atoms with E-state index in [0.717, 1.165) is 6.42 Å². The van der Waals surface area contributed by atoms with Crippen LogP contribution in [-0.2, 0) is 12.5 Å². The molecule has 7 heteroatoms. The number of nitrogens with zero attached hydrogens (tertiary/aromatic N) is 4. The first-order valence-corrected chi connectivity index (χ1v) is 8.70. The Labute approximate surface area is 137 Å². The van der Waals surface area contributed by atoms with Crippen molar-refractivity contribution in [3.05, 3.63) is 30.1 Å². The van der Waals surface area contributed by atoms with Crippen molar-refractivity contribution >= 4 is 0 Å². The van der Waals surface area contributed by atoms with Gasteiger partial charge < -0.3 is 0 Å². The van der Waals surface area contributed by atoms with Gasteiger partial charge in [-0.05, 0) is 30.6 Å². The van der Waals surface area contributed by atoms with Crippen molar-refractivity contribution in [3.8, 4) is 0 Å². The average molecular weight is 335 g/mol. The molecule has 1 aliphatic heterocycles. The highest BCUT2D eigenvalue weighted by atomic mass is 19.4. The van der Waals surface area contributed by atoms with Crippen LogP contribution < -0.4 is 4.68 Å². The number of hydrogen-bond acceptors (Lipinski definition) is 2. The Bertz CT molecular complexity index is 809. The Hall–Kier alpha value is -1.66. The van der Waals surface area contributed by atoms with Crippen molar-refractivity contribution in [1.82, 2.24) is 15.1 Å². The average Bonchev–Trinajstić information content (AvgIpc) is 3.31. The van der Waals surface area contributed by atoms with Crippen LogP contribution >= 0.6 is 0 Å². The zero-order valence-electron chi connectivity index (χ0n) is 13.2. The Morgan fingerprint density at radius 3 is 2.67 bits per heavy atom. The van der Waals surface area contributed by atoms with E-state index in [1.165, 1.54) is 4.68 Å². The van der Waals surface area contributed by atoms with Crippen LogP contribution in [0.3, 0.4) is 0 Å². The van der Waals surface area contributed by atoms with E-state index in [9.17, 15) is 13.2 Å². The summed E-state index contributed by atoms with van der Waals surface area (Å²) in [5, 5.41) is 8.22. The fourth-order valence-electron chi connectivity index (χ4n) is 7.00. The van der Waals surface area contributed by atoms with Gasteiger partial charge in [0.25, 0.3) is 5.82 Å². The quantitative estimate of drug-likeness (QED) is 0.538. The molecule has 2 saturated carbocycles. The van der Waals surface area contributed by atoms with Gasteiger partial charge >= 0.3 is 6.18 Å². The molecular weight excluding hydrogens is 317 g/mol. The fraction of sp³-hybridized carbons (Fsp3) is 0.706. The molecule has 6 rings (SSSR count). The molecule has 0 spiro atoms. The fourth-order valence-corrected chi connectivity index (χ4v) is 7.00. The molecule has 4 aliphatic carbocycles. The maximum atomic E-state index is 14.6. The number of aryl methyl sites for hydroxylation is 1. The molecule has 126 valence electrons. The smallest absolute Gasteiger partial charge is 0.170 e. The topological polar surface area (TPSA) is 34.6 Å². The lowest BCUT2D eigenvalue weighted by atomic mass is 9.57. The van der Waals surface area contributed by atoms with Gasteiger partial charge in [-0.25, -0.2) is 0 Å². The van der Waals surface area contributed by atoms with E-state index in [2.05, 4.69) is 22.6 Å². The molecule has 2 fully saturated rings. The Balaban J connectivity index is 1.71. The predicted octanol–water partition coefficient (Wildman–Crippen LogP) is 2.10. The van der Waals surface area contributed by atoms with E-state index in [0.29, 0.717) is 12.3 Å². The lowest BCUT2D eigenvalue weighted by Crippen LogP contribution is -2.68. The highest BCUT2D eigenvalue weighted by molar-refractivity contribution is 5.34. The molecule has 0 saturated heterocycles. The molecule has 0 amide bonds. The van der Waals surface area contributed by atoms with E-state index in [1.807, 2.05) is 6.08 Å². The van der Waals surface area contributed by atoms with Gasteiger partial charge in [-0.1, -0.05) is 29.0 Å². The van der Waals surface area contributed by atoms with Crippen LogP contribution in [0.25, 0.3) is 0 Å². The third kappa shape index (κ3) is 1.18.